The predicted molar refractivity (Wildman–Crippen MR) is 86.0 cm³/mol. The number of fused-ring (bicyclic) bond motifs is 1. The highest BCUT2D eigenvalue weighted by atomic mass is 15.3. The smallest absolute Gasteiger partial charge is 0.0706 e. The Morgan fingerprint density at radius 1 is 1.25 bits per heavy atom. The number of benzene rings is 1. The first-order valence-electron chi connectivity index (χ1n) is 7.74. The molecule has 1 aromatic carbocycles. The maximum Gasteiger partial charge on any atom is 0.0706 e. The quantitative estimate of drug-likeness (QED) is 0.837. The Labute approximate surface area is 122 Å². The molecule has 110 valence electrons. The van der Waals surface area contributed by atoms with Crippen molar-refractivity contribution in [3.8, 4) is 0 Å². The van der Waals surface area contributed by atoms with E-state index in [1.807, 2.05) is 7.05 Å². The van der Waals surface area contributed by atoms with Crippen LogP contribution >= 0.6 is 0 Å². The fraction of sp³-hybridized carbons (Fsp3) is 0.588. The van der Waals surface area contributed by atoms with E-state index < -0.39 is 0 Å². The maximum absolute atomic E-state index is 4.83. The monoisotopic (exact) mass is 273 g/mol. The van der Waals surface area contributed by atoms with Gasteiger partial charge in [-0.25, -0.2) is 0 Å². The zero-order chi connectivity index (χ0) is 14.5. The van der Waals surface area contributed by atoms with Crippen molar-refractivity contribution in [2.24, 2.45) is 11.8 Å². The summed E-state index contributed by atoms with van der Waals surface area (Å²) in [5.41, 5.74) is 2.51. The van der Waals surface area contributed by atoms with Crippen LogP contribution in [0.2, 0.25) is 0 Å². The van der Waals surface area contributed by atoms with Crippen LogP contribution in [-0.4, -0.2) is 23.4 Å². The standard InChI is InChI=1S/C17H27N3/c1-5-20-17-9-7-6-8-15(17)16(19-20)11-14(12-18-4)10-13(2)3/h6-9,13-14,18H,5,10-12H2,1-4H3. The second-order valence-electron chi connectivity index (χ2n) is 6.04. The third kappa shape index (κ3) is 3.40. The van der Waals surface area contributed by atoms with Crippen LogP contribution in [0, 0.1) is 11.8 Å². The van der Waals surface area contributed by atoms with E-state index in [2.05, 4.69) is 55.0 Å². The number of rotatable bonds is 7. The molecule has 1 N–H and O–H groups in total. The summed E-state index contributed by atoms with van der Waals surface area (Å²) in [5, 5.41) is 9.47. The Balaban J connectivity index is 2.27. The maximum atomic E-state index is 4.83. The minimum Gasteiger partial charge on any atom is -0.319 e. The minimum atomic E-state index is 0.656. The SMILES string of the molecule is CCn1nc(CC(CNC)CC(C)C)c2ccccc21. The van der Waals surface area contributed by atoms with Gasteiger partial charge in [-0.3, -0.25) is 4.68 Å². The zero-order valence-electron chi connectivity index (χ0n) is 13.2. The molecule has 1 heterocycles. The van der Waals surface area contributed by atoms with E-state index in [-0.39, 0.29) is 0 Å². The highest BCUT2D eigenvalue weighted by Crippen LogP contribution is 2.23. The Morgan fingerprint density at radius 3 is 2.65 bits per heavy atom. The Kier molecular flexibility index (Phi) is 5.18. The van der Waals surface area contributed by atoms with Crippen molar-refractivity contribution in [1.82, 2.24) is 15.1 Å². The number of para-hydroxylation sites is 1. The van der Waals surface area contributed by atoms with Crippen molar-refractivity contribution in [3.63, 3.8) is 0 Å². The van der Waals surface area contributed by atoms with E-state index >= 15 is 0 Å². The second-order valence-corrected chi connectivity index (χ2v) is 6.04. The number of nitrogens with zero attached hydrogens (tertiary/aromatic N) is 2. The minimum absolute atomic E-state index is 0.656. The first-order chi connectivity index (χ1) is 9.65. The van der Waals surface area contributed by atoms with Crippen molar-refractivity contribution >= 4 is 10.9 Å². The van der Waals surface area contributed by atoms with Crippen LogP contribution in [0.1, 0.15) is 32.9 Å². The van der Waals surface area contributed by atoms with Gasteiger partial charge >= 0.3 is 0 Å². The lowest BCUT2D eigenvalue weighted by Gasteiger charge is -2.17. The lowest BCUT2D eigenvalue weighted by molar-refractivity contribution is 0.391. The van der Waals surface area contributed by atoms with Gasteiger partial charge in [0.2, 0.25) is 0 Å². The molecule has 0 aliphatic carbocycles. The summed E-state index contributed by atoms with van der Waals surface area (Å²) in [6, 6.07) is 8.59. The van der Waals surface area contributed by atoms with Gasteiger partial charge in [-0.15, -0.1) is 0 Å². The molecule has 0 spiro atoms. The van der Waals surface area contributed by atoms with Gasteiger partial charge in [0.1, 0.15) is 0 Å². The van der Waals surface area contributed by atoms with E-state index in [4.69, 9.17) is 5.10 Å². The molecule has 0 amide bonds. The Bertz CT molecular complexity index is 542. The lowest BCUT2D eigenvalue weighted by Crippen LogP contribution is -2.22. The Morgan fingerprint density at radius 2 is 2.00 bits per heavy atom. The summed E-state index contributed by atoms with van der Waals surface area (Å²) >= 11 is 0. The molecule has 0 radical (unpaired) electrons. The fourth-order valence-electron chi connectivity index (χ4n) is 3.06. The number of aryl methyl sites for hydroxylation is 1. The van der Waals surface area contributed by atoms with Crippen LogP contribution in [-0.2, 0) is 13.0 Å². The van der Waals surface area contributed by atoms with Crippen LogP contribution in [0.3, 0.4) is 0 Å². The van der Waals surface area contributed by atoms with E-state index in [0.717, 1.165) is 25.4 Å². The Hall–Kier alpha value is -1.35. The van der Waals surface area contributed by atoms with E-state index in [0.29, 0.717) is 5.92 Å². The first kappa shape index (κ1) is 15.0. The zero-order valence-corrected chi connectivity index (χ0v) is 13.2. The molecular formula is C17H27N3. The molecule has 0 aliphatic heterocycles. The van der Waals surface area contributed by atoms with Crippen molar-refractivity contribution < 1.29 is 0 Å². The van der Waals surface area contributed by atoms with Crippen LogP contribution in [0.5, 0.6) is 0 Å². The normalized spacial score (nSPS) is 13.2. The van der Waals surface area contributed by atoms with Crippen molar-refractivity contribution in [2.75, 3.05) is 13.6 Å². The summed E-state index contributed by atoms with van der Waals surface area (Å²) in [4.78, 5) is 0. The van der Waals surface area contributed by atoms with Crippen LogP contribution in [0.15, 0.2) is 24.3 Å². The number of hydrogen-bond donors (Lipinski definition) is 1. The van der Waals surface area contributed by atoms with Gasteiger partial charge in [-0.1, -0.05) is 32.0 Å². The molecule has 1 unspecified atom stereocenters. The highest BCUT2D eigenvalue weighted by Gasteiger charge is 2.16. The van der Waals surface area contributed by atoms with Crippen LogP contribution in [0.4, 0.5) is 0 Å². The molecule has 2 aromatic rings. The first-order valence-corrected chi connectivity index (χ1v) is 7.74. The van der Waals surface area contributed by atoms with Gasteiger partial charge in [-0.2, -0.15) is 5.10 Å². The molecule has 3 heteroatoms. The molecule has 1 atom stereocenters. The molecule has 20 heavy (non-hydrogen) atoms. The van der Waals surface area contributed by atoms with E-state index in [1.165, 1.54) is 23.0 Å². The largest absolute Gasteiger partial charge is 0.319 e. The highest BCUT2D eigenvalue weighted by molar-refractivity contribution is 5.81. The summed E-state index contributed by atoms with van der Waals surface area (Å²) in [5.74, 6) is 1.39. The molecule has 0 bridgehead atoms. The molecule has 0 saturated heterocycles. The molecule has 1 aromatic heterocycles. The third-order valence-corrected chi connectivity index (χ3v) is 3.81. The number of hydrogen-bond acceptors (Lipinski definition) is 2. The van der Waals surface area contributed by atoms with Gasteiger partial charge in [-0.05, 0) is 51.3 Å². The molecule has 0 saturated carbocycles. The summed E-state index contributed by atoms with van der Waals surface area (Å²) in [7, 11) is 2.04. The number of aromatic nitrogens is 2. The predicted octanol–water partition coefficient (Wildman–Crippen LogP) is 3.48. The van der Waals surface area contributed by atoms with Gasteiger partial charge < -0.3 is 5.32 Å². The van der Waals surface area contributed by atoms with Crippen molar-refractivity contribution in [2.45, 2.75) is 40.2 Å². The molecule has 0 aliphatic rings. The molecule has 2 rings (SSSR count). The molecule has 0 fully saturated rings. The van der Waals surface area contributed by atoms with Crippen LogP contribution in [0.25, 0.3) is 10.9 Å². The van der Waals surface area contributed by atoms with Gasteiger partial charge in [0, 0.05) is 11.9 Å². The summed E-state index contributed by atoms with van der Waals surface area (Å²) in [6.45, 7) is 8.74. The average Bonchev–Trinajstić information content (AvgIpc) is 2.77. The summed E-state index contributed by atoms with van der Waals surface area (Å²) in [6.07, 6.45) is 2.31. The van der Waals surface area contributed by atoms with Crippen LogP contribution < -0.4 is 5.32 Å². The fourth-order valence-corrected chi connectivity index (χ4v) is 3.06. The van der Waals surface area contributed by atoms with E-state index in [1.54, 1.807) is 0 Å². The third-order valence-electron chi connectivity index (χ3n) is 3.81. The second kappa shape index (κ2) is 6.89. The van der Waals surface area contributed by atoms with Gasteiger partial charge in [0.15, 0.2) is 0 Å². The van der Waals surface area contributed by atoms with Crippen molar-refractivity contribution in [3.05, 3.63) is 30.0 Å². The van der Waals surface area contributed by atoms with E-state index in [9.17, 15) is 0 Å². The van der Waals surface area contributed by atoms with Gasteiger partial charge in [0.25, 0.3) is 0 Å². The average molecular weight is 273 g/mol. The summed E-state index contributed by atoms with van der Waals surface area (Å²) < 4.78 is 2.12. The topological polar surface area (TPSA) is 29.9 Å². The van der Waals surface area contributed by atoms with Crippen molar-refractivity contribution in [1.29, 1.82) is 0 Å². The molecule has 3 nitrogen and oxygen atoms in total. The lowest BCUT2D eigenvalue weighted by atomic mass is 9.92. The molecular weight excluding hydrogens is 246 g/mol. The van der Waals surface area contributed by atoms with Gasteiger partial charge in [0.05, 0.1) is 11.2 Å². The number of nitrogens with one attached hydrogen (secondary N) is 1.